The lowest BCUT2D eigenvalue weighted by Crippen LogP contribution is -2.41. The van der Waals surface area contributed by atoms with E-state index in [1.807, 2.05) is 21.6 Å². The number of rotatable bonds is 3. The predicted molar refractivity (Wildman–Crippen MR) is 108 cm³/mol. The molecular formula is C19H22F3N3O3S2. The summed E-state index contributed by atoms with van der Waals surface area (Å²) in [5.41, 5.74) is 2.70. The number of halogens is 3. The number of carboxylic acids is 1. The SMILES string of the molecule is O=C(O)C(F)(F)F.O=C(c1cscn1)N1CCC2(CCN(Cc3cccs3)CC2)C1. The number of carbonyl (C=O) groups is 2. The quantitative estimate of drug-likeness (QED) is 0.749. The number of alkyl halides is 3. The van der Waals surface area contributed by atoms with Crippen molar-refractivity contribution in [3.05, 3.63) is 39.0 Å². The van der Waals surface area contributed by atoms with Crippen molar-refractivity contribution in [1.29, 1.82) is 0 Å². The number of amides is 1. The van der Waals surface area contributed by atoms with Crippen LogP contribution >= 0.6 is 22.7 Å². The van der Waals surface area contributed by atoms with E-state index in [9.17, 15) is 18.0 Å². The summed E-state index contributed by atoms with van der Waals surface area (Å²) >= 11 is 3.33. The highest BCUT2D eigenvalue weighted by Gasteiger charge is 2.42. The van der Waals surface area contributed by atoms with Crippen LogP contribution in [0.1, 0.15) is 34.6 Å². The van der Waals surface area contributed by atoms with E-state index in [2.05, 4.69) is 27.4 Å². The molecule has 1 spiro atoms. The Bertz CT molecular complexity index is 833. The number of thiophene rings is 1. The van der Waals surface area contributed by atoms with Gasteiger partial charge in [0.1, 0.15) is 5.69 Å². The summed E-state index contributed by atoms with van der Waals surface area (Å²) in [7, 11) is 0. The van der Waals surface area contributed by atoms with Gasteiger partial charge in [-0.2, -0.15) is 13.2 Å². The Morgan fingerprint density at radius 3 is 2.40 bits per heavy atom. The molecule has 30 heavy (non-hydrogen) atoms. The topological polar surface area (TPSA) is 73.7 Å². The average molecular weight is 462 g/mol. The molecule has 2 fully saturated rings. The van der Waals surface area contributed by atoms with Crippen LogP contribution in [0.5, 0.6) is 0 Å². The van der Waals surface area contributed by atoms with Crippen molar-refractivity contribution in [2.24, 2.45) is 5.41 Å². The maximum absolute atomic E-state index is 12.5. The minimum atomic E-state index is -5.08. The lowest BCUT2D eigenvalue weighted by Gasteiger charge is -2.39. The van der Waals surface area contributed by atoms with Crippen molar-refractivity contribution in [1.82, 2.24) is 14.8 Å². The van der Waals surface area contributed by atoms with E-state index in [4.69, 9.17) is 9.90 Å². The Morgan fingerprint density at radius 1 is 1.20 bits per heavy atom. The third-order valence-electron chi connectivity index (χ3n) is 5.50. The summed E-state index contributed by atoms with van der Waals surface area (Å²) in [6.45, 7) is 5.18. The van der Waals surface area contributed by atoms with E-state index >= 15 is 0 Å². The van der Waals surface area contributed by atoms with Crippen molar-refractivity contribution in [3.8, 4) is 0 Å². The number of aromatic nitrogens is 1. The van der Waals surface area contributed by atoms with Crippen LogP contribution in [0.3, 0.4) is 0 Å². The Hall–Kier alpha value is -1.98. The molecule has 0 atom stereocenters. The number of nitrogens with zero attached hydrogens (tertiary/aromatic N) is 3. The molecule has 0 unspecified atom stereocenters. The molecule has 2 aliphatic rings. The molecule has 164 valence electrons. The Morgan fingerprint density at radius 2 is 1.87 bits per heavy atom. The average Bonchev–Trinajstić information content (AvgIpc) is 3.45. The molecule has 0 aromatic carbocycles. The summed E-state index contributed by atoms with van der Waals surface area (Å²) in [5.74, 6) is -2.64. The summed E-state index contributed by atoms with van der Waals surface area (Å²) < 4.78 is 31.7. The molecule has 1 amide bonds. The van der Waals surface area contributed by atoms with E-state index in [0.29, 0.717) is 11.1 Å². The minimum Gasteiger partial charge on any atom is -0.475 e. The van der Waals surface area contributed by atoms with Crippen molar-refractivity contribution in [2.75, 3.05) is 26.2 Å². The fourth-order valence-corrected chi connectivity index (χ4v) is 5.08. The molecule has 0 bridgehead atoms. The molecular weight excluding hydrogens is 439 g/mol. The number of hydrogen-bond acceptors (Lipinski definition) is 6. The zero-order valence-electron chi connectivity index (χ0n) is 16.1. The first-order valence-electron chi connectivity index (χ1n) is 9.41. The fourth-order valence-electron chi connectivity index (χ4n) is 3.81. The first kappa shape index (κ1) is 22.7. The van der Waals surface area contributed by atoms with Crippen LogP contribution in [0.2, 0.25) is 0 Å². The van der Waals surface area contributed by atoms with E-state index in [1.165, 1.54) is 29.1 Å². The monoisotopic (exact) mass is 461 g/mol. The van der Waals surface area contributed by atoms with Gasteiger partial charge in [0.25, 0.3) is 5.91 Å². The van der Waals surface area contributed by atoms with Gasteiger partial charge in [-0.1, -0.05) is 6.07 Å². The minimum absolute atomic E-state index is 0.115. The van der Waals surface area contributed by atoms with E-state index < -0.39 is 12.1 Å². The van der Waals surface area contributed by atoms with Gasteiger partial charge in [-0.15, -0.1) is 22.7 Å². The Kier molecular flexibility index (Phi) is 7.14. The largest absolute Gasteiger partial charge is 0.490 e. The van der Waals surface area contributed by atoms with Crippen molar-refractivity contribution in [2.45, 2.75) is 32.0 Å². The number of piperidine rings is 1. The second-order valence-electron chi connectivity index (χ2n) is 7.51. The van der Waals surface area contributed by atoms with Gasteiger partial charge in [0.2, 0.25) is 0 Å². The Labute approximate surface area is 179 Å². The number of carbonyl (C=O) groups excluding carboxylic acids is 1. The van der Waals surface area contributed by atoms with E-state index in [1.54, 1.807) is 5.51 Å². The molecule has 4 rings (SSSR count). The lowest BCUT2D eigenvalue weighted by atomic mass is 9.78. The molecule has 6 nitrogen and oxygen atoms in total. The third-order valence-corrected chi connectivity index (χ3v) is 6.94. The molecule has 1 N–H and O–H groups in total. The maximum atomic E-state index is 12.5. The van der Waals surface area contributed by atoms with Gasteiger partial charge in [-0.3, -0.25) is 9.69 Å². The van der Waals surface area contributed by atoms with Crippen LogP contribution in [0.25, 0.3) is 0 Å². The van der Waals surface area contributed by atoms with E-state index in [0.717, 1.165) is 39.1 Å². The summed E-state index contributed by atoms with van der Waals surface area (Å²) in [6, 6.07) is 4.35. The number of thiazole rings is 1. The smallest absolute Gasteiger partial charge is 0.475 e. The zero-order chi connectivity index (χ0) is 21.8. The molecule has 2 aromatic rings. The van der Waals surface area contributed by atoms with Gasteiger partial charge in [-0.25, -0.2) is 9.78 Å². The molecule has 11 heteroatoms. The van der Waals surface area contributed by atoms with Gasteiger partial charge >= 0.3 is 12.1 Å². The van der Waals surface area contributed by atoms with Crippen molar-refractivity contribution < 1.29 is 27.9 Å². The maximum Gasteiger partial charge on any atom is 0.490 e. The van der Waals surface area contributed by atoms with Gasteiger partial charge in [-0.05, 0) is 49.2 Å². The van der Waals surface area contributed by atoms with Crippen LogP contribution < -0.4 is 0 Å². The second kappa shape index (κ2) is 9.44. The molecule has 0 radical (unpaired) electrons. The van der Waals surface area contributed by atoms with Gasteiger partial charge in [0, 0.05) is 29.9 Å². The summed E-state index contributed by atoms with van der Waals surface area (Å²) in [6.07, 6.45) is -1.52. The number of carboxylic acid groups (broad SMARTS) is 1. The highest BCUT2D eigenvalue weighted by atomic mass is 32.1. The van der Waals surface area contributed by atoms with Gasteiger partial charge in [0.05, 0.1) is 5.51 Å². The second-order valence-corrected chi connectivity index (χ2v) is 9.26. The molecule has 2 aromatic heterocycles. The fraction of sp³-hybridized carbons (Fsp3) is 0.526. The zero-order valence-corrected chi connectivity index (χ0v) is 17.7. The molecule has 4 heterocycles. The first-order valence-corrected chi connectivity index (χ1v) is 11.2. The van der Waals surface area contributed by atoms with Crippen LogP contribution in [-0.4, -0.2) is 64.1 Å². The normalized spacial score (nSPS) is 18.8. The molecule has 2 saturated heterocycles. The summed E-state index contributed by atoms with van der Waals surface area (Å²) in [4.78, 5) is 31.6. The standard InChI is InChI=1S/C17H21N3OS2.C2HF3O2/c21-16(15-11-22-13-18-15)20-8-5-17(12-20)3-6-19(7-4-17)10-14-2-1-9-23-14;3-2(4,5)1(6)7/h1-2,9,11,13H,3-8,10,12H2;(H,6,7). The van der Waals surface area contributed by atoms with Crippen molar-refractivity contribution in [3.63, 3.8) is 0 Å². The van der Waals surface area contributed by atoms with Crippen LogP contribution in [-0.2, 0) is 11.3 Å². The summed E-state index contributed by atoms with van der Waals surface area (Å²) in [5, 5.41) is 11.1. The van der Waals surface area contributed by atoms with Crippen LogP contribution in [0.15, 0.2) is 28.4 Å². The first-order chi connectivity index (χ1) is 14.2. The van der Waals surface area contributed by atoms with Crippen LogP contribution in [0.4, 0.5) is 13.2 Å². The predicted octanol–water partition coefficient (Wildman–Crippen LogP) is 3.97. The number of aliphatic carboxylic acids is 1. The highest BCUT2D eigenvalue weighted by molar-refractivity contribution is 7.09. The van der Waals surface area contributed by atoms with Gasteiger partial charge < -0.3 is 10.0 Å². The number of hydrogen-bond donors (Lipinski definition) is 1. The van der Waals surface area contributed by atoms with Gasteiger partial charge in [0.15, 0.2) is 0 Å². The lowest BCUT2D eigenvalue weighted by molar-refractivity contribution is -0.192. The molecule has 0 aliphatic carbocycles. The van der Waals surface area contributed by atoms with Crippen molar-refractivity contribution >= 4 is 34.6 Å². The number of likely N-dealkylation sites (tertiary alicyclic amines) is 2. The highest BCUT2D eigenvalue weighted by Crippen LogP contribution is 2.41. The third kappa shape index (κ3) is 5.79. The molecule has 0 saturated carbocycles. The Balaban J connectivity index is 0.000000318. The van der Waals surface area contributed by atoms with E-state index in [-0.39, 0.29) is 5.91 Å². The van der Waals surface area contributed by atoms with Crippen LogP contribution in [0, 0.1) is 5.41 Å². The molecule has 2 aliphatic heterocycles.